The van der Waals surface area contributed by atoms with Crippen LogP contribution >= 0.6 is 0 Å². The molecule has 1 aromatic carbocycles. The monoisotopic (exact) mass is 221 g/mol. The van der Waals surface area contributed by atoms with E-state index >= 15 is 0 Å². The van der Waals surface area contributed by atoms with E-state index in [1.807, 2.05) is 18.2 Å². The molecular weight excluding hydrogens is 202 g/mol. The summed E-state index contributed by atoms with van der Waals surface area (Å²) < 4.78 is 5.21. The first kappa shape index (κ1) is 11.4. The van der Waals surface area contributed by atoms with Crippen molar-refractivity contribution in [1.29, 1.82) is 0 Å². The van der Waals surface area contributed by atoms with Gasteiger partial charge in [-0.25, -0.2) is 0 Å². The van der Waals surface area contributed by atoms with Crippen molar-refractivity contribution >= 4 is 0 Å². The fraction of sp³-hybridized carbons (Fsp3) is 0.538. The Balaban J connectivity index is 2.18. The highest BCUT2D eigenvalue weighted by molar-refractivity contribution is 5.30. The average Bonchev–Trinajstić information content (AvgIpc) is 2.84. The summed E-state index contributed by atoms with van der Waals surface area (Å²) in [5.41, 5.74) is 1.14. The zero-order chi connectivity index (χ0) is 11.4. The van der Waals surface area contributed by atoms with Crippen molar-refractivity contribution in [3.8, 4) is 5.75 Å². The molecule has 0 aliphatic carbocycles. The summed E-state index contributed by atoms with van der Waals surface area (Å²) in [5, 5.41) is 9.52. The lowest BCUT2D eigenvalue weighted by atomic mass is 10.1. The van der Waals surface area contributed by atoms with Crippen molar-refractivity contribution < 1.29 is 9.84 Å². The molecule has 1 N–H and O–H groups in total. The molecule has 0 bridgehead atoms. The first-order valence-corrected chi connectivity index (χ1v) is 5.84. The van der Waals surface area contributed by atoms with E-state index in [4.69, 9.17) is 4.74 Å². The maximum absolute atomic E-state index is 9.52. The van der Waals surface area contributed by atoms with E-state index in [1.54, 1.807) is 7.11 Å². The molecule has 0 radical (unpaired) electrons. The van der Waals surface area contributed by atoms with Crippen LogP contribution in [0.1, 0.15) is 24.4 Å². The van der Waals surface area contributed by atoms with Crippen molar-refractivity contribution in [1.82, 2.24) is 4.90 Å². The van der Waals surface area contributed by atoms with Crippen LogP contribution in [0.4, 0.5) is 0 Å². The molecule has 0 saturated carbocycles. The van der Waals surface area contributed by atoms with Crippen molar-refractivity contribution in [2.45, 2.75) is 18.9 Å². The highest BCUT2D eigenvalue weighted by Crippen LogP contribution is 2.26. The smallest absolute Gasteiger partial charge is 0.119 e. The Morgan fingerprint density at radius 3 is 2.75 bits per heavy atom. The van der Waals surface area contributed by atoms with Crippen molar-refractivity contribution in [2.24, 2.45) is 0 Å². The van der Waals surface area contributed by atoms with Crippen molar-refractivity contribution in [2.75, 3.05) is 26.8 Å². The van der Waals surface area contributed by atoms with Gasteiger partial charge < -0.3 is 9.84 Å². The van der Waals surface area contributed by atoms with E-state index < -0.39 is 0 Å². The summed E-state index contributed by atoms with van der Waals surface area (Å²) in [6.45, 7) is 2.35. The second-order valence-corrected chi connectivity index (χ2v) is 4.22. The van der Waals surface area contributed by atoms with E-state index in [-0.39, 0.29) is 12.6 Å². The molecule has 1 fully saturated rings. The summed E-state index contributed by atoms with van der Waals surface area (Å²) in [5.74, 6) is 0.857. The number of methoxy groups -OCH3 is 1. The molecule has 1 aliphatic rings. The van der Waals surface area contributed by atoms with Gasteiger partial charge >= 0.3 is 0 Å². The third-order valence-electron chi connectivity index (χ3n) is 3.23. The maximum atomic E-state index is 9.52. The van der Waals surface area contributed by atoms with E-state index in [1.165, 1.54) is 12.8 Å². The molecule has 0 unspecified atom stereocenters. The SMILES string of the molecule is COc1cccc([C@H](CO)N2CCCC2)c1. The largest absolute Gasteiger partial charge is 0.497 e. The van der Waals surface area contributed by atoms with E-state index in [0.717, 1.165) is 24.4 Å². The van der Waals surface area contributed by atoms with Crippen LogP contribution in [0.5, 0.6) is 5.75 Å². The van der Waals surface area contributed by atoms with Crippen LogP contribution in [0.25, 0.3) is 0 Å². The normalized spacial score (nSPS) is 18.6. The number of aliphatic hydroxyl groups is 1. The van der Waals surface area contributed by atoms with Gasteiger partial charge in [0, 0.05) is 0 Å². The molecule has 3 heteroatoms. The minimum atomic E-state index is 0.123. The first-order chi connectivity index (χ1) is 7.85. The third kappa shape index (κ3) is 2.36. The number of ether oxygens (including phenoxy) is 1. The Bertz CT molecular complexity index is 334. The Morgan fingerprint density at radius 2 is 2.12 bits per heavy atom. The third-order valence-corrected chi connectivity index (χ3v) is 3.23. The number of rotatable bonds is 4. The van der Waals surface area contributed by atoms with Gasteiger partial charge in [-0.3, -0.25) is 4.90 Å². The van der Waals surface area contributed by atoms with Crippen LogP contribution < -0.4 is 4.74 Å². The van der Waals surface area contributed by atoms with Crippen LogP contribution in [0, 0.1) is 0 Å². The van der Waals surface area contributed by atoms with Crippen LogP contribution in [0.3, 0.4) is 0 Å². The topological polar surface area (TPSA) is 32.7 Å². The molecule has 0 spiro atoms. The van der Waals surface area contributed by atoms with Gasteiger partial charge in [0.1, 0.15) is 5.75 Å². The van der Waals surface area contributed by atoms with Gasteiger partial charge in [0.2, 0.25) is 0 Å². The molecule has 1 aromatic rings. The molecule has 3 nitrogen and oxygen atoms in total. The average molecular weight is 221 g/mol. The Morgan fingerprint density at radius 1 is 1.38 bits per heavy atom. The van der Waals surface area contributed by atoms with Gasteiger partial charge in [0.25, 0.3) is 0 Å². The molecule has 0 aromatic heterocycles. The summed E-state index contributed by atoms with van der Waals surface area (Å²) in [6, 6.07) is 8.10. The minimum absolute atomic E-state index is 0.123. The van der Waals surface area contributed by atoms with Gasteiger partial charge in [0.15, 0.2) is 0 Å². The van der Waals surface area contributed by atoms with Crippen LogP contribution in [0.15, 0.2) is 24.3 Å². The minimum Gasteiger partial charge on any atom is -0.497 e. The fourth-order valence-electron chi connectivity index (χ4n) is 2.33. The van der Waals surface area contributed by atoms with Gasteiger partial charge in [-0.1, -0.05) is 12.1 Å². The number of likely N-dealkylation sites (tertiary alicyclic amines) is 1. The van der Waals surface area contributed by atoms with Gasteiger partial charge in [-0.2, -0.15) is 0 Å². The van der Waals surface area contributed by atoms with Gasteiger partial charge in [-0.05, 0) is 43.6 Å². The first-order valence-electron chi connectivity index (χ1n) is 5.84. The van der Waals surface area contributed by atoms with Crippen molar-refractivity contribution in [3.05, 3.63) is 29.8 Å². The van der Waals surface area contributed by atoms with Gasteiger partial charge in [0.05, 0.1) is 19.8 Å². The zero-order valence-corrected chi connectivity index (χ0v) is 9.72. The summed E-state index contributed by atoms with van der Waals surface area (Å²) in [4.78, 5) is 2.34. The standard InChI is InChI=1S/C13H19NO2/c1-16-12-6-4-5-11(9-12)13(10-15)14-7-2-3-8-14/h4-6,9,13,15H,2-3,7-8,10H2,1H3/t13-/m0/s1. The second-order valence-electron chi connectivity index (χ2n) is 4.22. The Labute approximate surface area is 96.6 Å². The lowest BCUT2D eigenvalue weighted by Crippen LogP contribution is -2.28. The quantitative estimate of drug-likeness (QED) is 0.842. The van der Waals surface area contributed by atoms with Crippen LogP contribution in [0.2, 0.25) is 0 Å². The summed E-state index contributed by atoms with van der Waals surface area (Å²) >= 11 is 0. The zero-order valence-electron chi connectivity index (χ0n) is 9.72. The second kappa shape index (κ2) is 5.32. The number of hydrogen-bond acceptors (Lipinski definition) is 3. The predicted molar refractivity (Wildman–Crippen MR) is 63.6 cm³/mol. The lowest BCUT2D eigenvalue weighted by Gasteiger charge is -2.26. The highest BCUT2D eigenvalue weighted by Gasteiger charge is 2.22. The number of hydrogen-bond donors (Lipinski definition) is 1. The molecule has 1 saturated heterocycles. The molecular formula is C13H19NO2. The Hall–Kier alpha value is -1.06. The number of aliphatic hydroxyl groups excluding tert-OH is 1. The maximum Gasteiger partial charge on any atom is 0.119 e. The molecule has 16 heavy (non-hydrogen) atoms. The van der Waals surface area contributed by atoms with E-state index in [2.05, 4.69) is 11.0 Å². The molecule has 1 aliphatic heterocycles. The van der Waals surface area contributed by atoms with Crippen LogP contribution in [-0.2, 0) is 0 Å². The molecule has 88 valence electrons. The molecule has 2 rings (SSSR count). The number of nitrogens with zero attached hydrogens (tertiary/aromatic N) is 1. The van der Waals surface area contributed by atoms with E-state index in [9.17, 15) is 5.11 Å². The summed E-state index contributed by atoms with van der Waals surface area (Å²) in [7, 11) is 1.67. The fourth-order valence-corrected chi connectivity index (χ4v) is 2.33. The van der Waals surface area contributed by atoms with E-state index in [0.29, 0.717) is 0 Å². The predicted octanol–water partition coefficient (Wildman–Crippen LogP) is 1.82. The van der Waals surface area contributed by atoms with Crippen molar-refractivity contribution in [3.63, 3.8) is 0 Å². The molecule has 0 amide bonds. The molecule has 1 heterocycles. The number of benzene rings is 1. The lowest BCUT2D eigenvalue weighted by molar-refractivity contribution is 0.147. The molecule has 1 atom stereocenters. The van der Waals surface area contributed by atoms with Gasteiger partial charge in [-0.15, -0.1) is 0 Å². The van der Waals surface area contributed by atoms with Crippen LogP contribution in [-0.4, -0.2) is 36.8 Å². The highest BCUT2D eigenvalue weighted by atomic mass is 16.5. The Kier molecular flexibility index (Phi) is 3.80. The summed E-state index contributed by atoms with van der Waals surface area (Å²) in [6.07, 6.45) is 2.47.